The number of ether oxygens (including phenoxy) is 1. The molecule has 0 fully saturated rings. The summed E-state index contributed by atoms with van der Waals surface area (Å²) in [7, 11) is 0. The zero-order valence-corrected chi connectivity index (χ0v) is 14.5. The molecule has 0 atom stereocenters. The number of hydrogen-bond acceptors (Lipinski definition) is 3. The quantitative estimate of drug-likeness (QED) is 0.336. The van der Waals surface area contributed by atoms with E-state index in [1.807, 2.05) is 30.3 Å². The highest BCUT2D eigenvalue weighted by Gasteiger charge is 2.10. The first kappa shape index (κ1) is 16.0. The summed E-state index contributed by atoms with van der Waals surface area (Å²) >= 11 is 12.0. The number of rotatable bonds is 3. The molecular weight excluding hydrogens is 359 g/mol. The van der Waals surface area contributed by atoms with E-state index in [4.69, 9.17) is 32.4 Å². The molecule has 0 saturated carbocycles. The summed E-state index contributed by atoms with van der Waals surface area (Å²) in [5.74, 6) is 0.541. The molecule has 4 rings (SSSR count). The standard InChI is InChI=1S/C20H12Cl2O3/c21-14-8-15(22)10-16(9-14)24-11-13-7-19(23)25-18-6-5-12-3-1-2-4-17(12)20(13)18/h1-10H,11H2. The number of fused-ring (bicyclic) bond motifs is 3. The molecule has 0 radical (unpaired) electrons. The summed E-state index contributed by atoms with van der Waals surface area (Å²) in [4.78, 5) is 11.9. The third-order valence-electron chi connectivity index (χ3n) is 3.94. The summed E-state index contributed by atoms with van der Waals surface area (Å²) in [6.45, 7) is 0.201. The van der Waals surface area contributed by atoms with Crippen molar-refractivity contribution in [3.63, 3.8) is 0 Å². The Morgan fingerprint density at radius 1 is 0.920 bits per heavy atom. The lowest BCUT2D eigenvalue weighted by Crippen LogP contribution is -2.04. The largest absolute Gasteiger partial charge is 0.489 e. The molecule has 0 spiro atoms. The van der Waals surface area contributed by atoms with Crippen molar-refractivity contribution >= 4 is 44.9 Å². The average Bonchev–Trinajstić information content (AvgIpc) is 2.58. The van der Waals surface area contributed by atoms with Gasteiger partial charge in [0.25, 0.3) is 0 Å². The normalized spacial score (nSPS) is 11.1. The molecule has 3 aromatic carbocycles. The molecule has 0 N–H and O–H groups in total. The molecule has 0 amide bonds. The fourth-order valence-electron chi connectivity index (χ4n) is 2.91. The molecule has 3 nitrogen and oxygen atoms in total. The highest BCUT2D eigenvalue weighted by atomic mass is 35.5. The van der Waals surface area contributed by atoms with E-state index < -0.39 is 5.63 Å². The predicted octanol–water partition coefficient (Wildman–Crippen LogP) is 5.83. The molecule has 1 aromatic heterocycles. The Kier molecular flexibility index (Phi) is 4.12. The van der Waals surface area contributed by atoms with Crippen molar-refractivity contribution < 1.29 is 9.15 Å². The van der Waals surface area contributed by atoms with Gasteiger partial charge in [0, 0.05) is 27.1 Å². The van der Waals surface area contributed by atoms with Crippen LogP contribution in [-0.2, 0) is 6.61 Å². The van der Waals surface area contributed by atoms with Crippen molar-refractivity contribution in [2.24, 2.45) is 0 Å². The van der Waals surface area contributed by atoms with Gasteiger partial charge < -0.3 is 9.15 Å². The Bertz CT molecular complexity index is 1130. The van der Waals surface area contributed by atoms with Crippen LogP contribution in [0.25, 0.3) is 21.7 Å². The van der Waals surface area contributed by atoms with E-state index in [1.165, 1.54) is 6.07 Å². The van der Waals surface area contributed by atoms with Gasteiger partial charge in [-0.1, -0.05) is 53.5 Å². The minimum Gasteiger partial charge on any atom is -0.489 e. The van der Waals surface area contributed by atoms with Crippen LogP contribution in [0.5, 0.6) is 5.75 Å². The van der Waals surface area contributed by atoms with Crippen LogP contribution in [0.4, 0.5) is 0 Å². The Balaban J connectivity index is 1.83. The first-order valence-corrected chi connectivity index (χ1v) is 8.39. The first-order valence-electron chi connectivity index (χ1n) is 7.63. The van der Waals surface area contributed by atoms with Crippen LogP contribution >= 0.6 is 23.2 Å². The first-order chi connectivity index (χ1) is 12.1. The van der Waals surface area contributed by atoms with Gasteiger partial charge in [-0.25, -0.2) is 4.79 Å². The average molecular weight is 371 g/mol. The summed E-state index contributed by atoms with van der Waals surface area (Å²) in [5, 5.41) is 3.92. The van der Waals surface area contributed by atoms with E-state index in [0.717, 1.165) is 21.7 Å². The van der Waals surface area contributed by atoms with E-state index in [-0.39, 0.29) is 6.61 Å². The van der Waals surface area contributed by atoms with Crippen LogP contribution in [0.15, 0.2) is 69.9 Å². The molecule has 0 aliphatic carbocycles. The molecule has 4 aromatic rings. The molecule has 25 heavy (non-hydrogen) atoms. The smallest absolute Gasteiger partial charge is 0.336 e. The predicted molar refractivity (Wildman–Crippen MR) is 101 cm³/mol. The van der Waals surface area contributed by atoms with Crippen LogP contribution in [0, 0.1) is 0 Å². The van der Waals surface area contributed by atoms with Crippen molar-refractivity contribution in [2.75, 3.05) is 0 Å². The molecule has 0 bridgehead atoms. The van der Waals surface area contributed by atoms with E-state index in [2.05, 4.69) is 0 Å². The second-order valence-corrected chi connectivity index (χ2v) is 6.52. The van der Waals surface area contributed by atoms with Crippen LogP contribution in [-0.4, -0.2) is 0 Å². The molecule has 0 aliphatic rings. The third kappa shape index (κ3) is 3.21. The highest BCUT2D eigenvalue weighted by molar-refractivity contribution is 6.34. The van der Waals surface area contributed by atoms with Crippen molar-refractivity contribution in [2.45, 2.75) is 6.61 Å². The van der Waals surface area contributed by atoms with Gasteiger partial charge in [-0.3, -0.25) is 0 Å². The van der Waals surface area contributed by atoms with E-state index >= 15 is 0 Å². The maximum atomic E-state index is 11.9. The molecule has 0 saturated heterocycles. The maximum Gasteiger partial charge on any atom is 0.336 e. The highest BCUT2D eigenvalue weighted by Crippen LogP contribution is 2.29. The van der Waals surface area contributed by atoms with Gasteiger partial charge in [-0.2, -0.15) is 0 Å². The molecule has 124 valence electrons. The molecule has 0 unspecified atom stereocenters. The lowest BCUT2D eigenvalue weighted by molar-refractivity contribution is 0.307. The summed E-state index contributed by atoms with van der Waals surface area (Å²) in [6.07, 6.45) is 0. The van der Waals surface area contributed by atoms with E-state index in [0.29, 0.717) is 21.4 Å². The lowest BCUT2D eigenvalue weighted by Gasteiger charge is -2.11. The Labute approximate surface area is 153 Å². The van der Waals surface area contributed by atoms with Crippen molar-refractivity contribution in [1.29, 1.82) is 0 Å². The number of hydrogen-bond donors (Lipinski definition) is 0. The minimum absolute atomic E-state index is 0.201. The fourth-order valence-corrected chi connectivity index (χ4v) is 3.41. The van der Waals surface area contributed by atoms with Gasteiger partial charge >= 0.3 is 5.63 Å². The number of benzene rings is 3. The Morgan fingerprint density at radius 2 is 1.68 bits per heavy atom. The molecule has 1 heterocycles. The Morgan fingerprint density at radius 3 is 2.48 bits per heavy atom. The molecule has 5 heteroatoms. The SMILES string of the molecule is O=c1cc(COc2cc(Cl)cc(Cl)c2)c2c(ccc3ccccc32)o1. The monoisotopic (exact) mass is 370 g/mol. The Hall–Kier alpha value is -2.49. The fraction of sp³-hybridized carbons (Fsp3) is 0.0500. The zero-order chi connectivity index (χ0) is 17.4. The summed E-state index contributed by atoms with van der Waals surface area (Å²) in [5.41, 5.74) is 0.874. The molecule has 0 aliphatic heterocycles. The maximum absolute atomic E-state index is 11.9. The topological polar surface area (TPSA) is 39.4 Å². The van der Waals surface area contributed by atoms with Crippen LogP contribution in [0.2, 0.25) is 10.0 Å². The van der Waals surface area contributed by atoms with Crippen molar-refractivity contribution in [3.8, 4) is 5.75 Å². The van der Waals surface area contributed by atoms with E-state index in [1.54, 1.807) is 24.3 Å². The van der Waals surface area contributed by atoms with Crippen LogP contribution in [0.1, 0.15) is 5.56 Å². The van der Waals surface area contributed by atoms with Crippen molar-refractivity contribution in [3.05, 3.63) is 86.7 Å². The van der Waals surface area contributed by atoms with Gasteiger partial charge in [0.15, 0.2) is 0 Å². The zero-order valence-electron chi connectivity index (χ0n) is 13.0. The van der Waals surface area contributed by atoms with E-state index in [9.17, 15) is 4.79 Å². The second kappa shape index (κ2) is 6.43. The van der Waals surface area contributed by atoms with Crippen molar-refractivity contribution in [1.82, 2.24) is 0 Å². The van der Waals surface area contributed by atoms with Gasteiger partial charge in [-0.05, 0) is 35.0 Å². The van der Waals surface area contributed by atoms with Gasteiger partial charge in [0.05, 0.1) is 0 Å². The minimum atomic E-state index is -0.412. The van der Waals surface area contributed by atoms with Gasteiger partial charge in [0.1, 0.15) is 17.9 Å². The summed E-state index contributed by atoms with van der Waals surface area (Å²) < 4.78 is 11.2. The van der Waals surface area contributed by atoms with Gasteiger partial charge in [0.2, 0.25) is 0 Å². The third-order valence-corrected chi connectivity index (χ3v) is 4.38. The lowest BCUT2D eigenvalue weighted by atomic mass is 10.0. The van der Waals surface area contributed by atoms with Crippen LogP contribution in [0.3, 0.4) is 0 Å². The number of halogens is 2. The second-order valence-electron chi connectivity index (χ2n) is 5.64. The summed E-state index contributed by atoms with van der Waals surface area (Å²) in [6, 6.07) is 18.1. The van der Waals surface area contributed by atoms with Gasteiger partial charge in [-0.15, -0.1) is 0 Å². The van der Waals surface area contributed by atoms with Crippen LogP contribution < -0.4 is 10.4 Å². The molecular formula is C20H12Cl2O3.